The van der Waals surface area contributed by atoms with Crippen molar-refractivity contribution in [2.45, 2.75) is 58.0 Å². The van der Waals surface area contributed by atoms with Crippen LogP contribution in [-0.2, 0) is 4.79 Å². The van der Waals surface area contributed by atoms with Gasteiger partial charge in [0.25, 0.3) is 0 Å². The molecule has 0 saturated heterocycles. The van der Waals surface area contributed by atoms with Crippen molar-refractivity contribution in [1.29, 1.82) is 0 Å². The maximum atomic E-state index is 11.1. The van der Waals surface area contributed by atoms with E-state index in [0.29, 0.717) is 12.1 Å². The Morgan fingerprint density at radius 2 is 1.86 bits per heavy atom. The monoisotopic (exact) mass is 288 g/mol. The van der Waals surface area contributed by atoms with Gasteiger partial charge in [-0.1, -0.05) is 30.3 Å². The highest BCUT2D eigenvalue weighted by molar-refractivity contribution is 5.73. The highest BCUT2D eigenvalue weighted by Crippen LogP contribution is 2.26. The van der Waals surface area contributed by atoms with Crippen molar-refractivity contribution in [1.82, 2.24) is 10.6 Å². The highest BCUT2D eigenvalue weighted by atomic mass is 16.1. The van der Waals surface area contributed by atoms with Crippen molar-refractivity contribution in [2.75, 3.05) is 6.54 Å². The van der Waals surface area contributed by atoms with Crippen LogP contribution in [0.4, 0.5) is 0 Å². The lowest BCUT2D eigenvalue weighted by Gasteiger charge is -2.29. The van der Waals surface area contributed by atoms with Crippen LogP contribution in [0.15, 0.2) is 30.3 Å². The summed E-state index contributed by atoms with van der Waals surface area (Å²) in [7, 11) is 0. The maximum Gasteiger partial charge on any atom is 0.217 e. The molecule has 0 heterocycles. The Morgan fingerprint density at radius 3 is 2.48 bits per heavy atom. The van der Waals surface area contributed by atoms with Crippen LogP contribution < -0.4 is 10.6 Å². The average molecular weight is 288 g/mol. The standard InChI is InChI=1S/C18H28N2O/c1-14(17-6-4-3-5-7-17)19-13-12-16-8-10-18(11-9-16)20-15(2)21/h3-7,14,16,18-19H,8-13H2,1-2H3,(H,20,21)/t14-,16-,18-/m1/s1. The number of hydrogen-bond acceptors (Lipinski definition) is 2. The molecule has 0 spiro atoms. The van der Waals surface area contributed by atoms with Crippen LogP contribution in [0.2, 0.25) is 0 Å². The van der Waals surface area contributed by atoms with Crippen LogP contribution in [0.3, 0.4) is 0 Å². The Balaban J connectivity index is 1.63. The summed E-state index contributed by atoms with van der Waals surface area (Å²) in [5.74, 6) is 0.919. The number of rotatable bonds is 6. The minimum atomic E-state index is 0.108. The van der Waals surface area contributed by atoms with Gasteiger partial charge in [-0.05, 0) is 57.1 Å². The van der Waals surface area contributed by atoms with E-state index in [0.717, 1.165) is 25.3 Å². The van der Waals surface area contributed by atoms with E-state index >= 15 is 0 Å². The molecular formula is C18H28N2O. The quantitative estimate of drug-likeness (QED) is 0.842. The molecule has 0 aromatic heterocycles. The molecule has 0 bridgehead atoms. The largest absolute Gasteiger partial charge is 0.354 e. The number of carbonyl (C=O) groups is 1. The van der Waals surface area contributed by atoms with Crippen molar-refractivity contribution >= 4 is 5.91 Å². The van der Waals surface area contributed by atoms with Gasteiger partial charge in [0, 0.05) is 19.0 Å². The smallest absolute Gasteiger partial charge is 0.217 e. The zero-order valence-corrected chi connectivity index (χ0v) is 13.3. The Bertz CT molecular complexity index is 424. The molecule has 1 aliphatic carbocycles. The van der Waals surface area contributed by atoms with E-state index in [1.54, 1.807) is 6.92 Å². The van der Waals surface area contributed by atoms with E-state index in [1.165, 1.54) is 24.8 Å². The third-order valence-electron chi connectivity index (χ3n) is 4.56. The minimum absolute atomic E-state index is 0.108. The van der Waals surface area contributed by atoms with E-state index in [1.807, 2.05) is 0 Å². The second-order valence-corrected chi connectivity index (χ2v) is 6.29. The van der Waals surface area contributed by atoms with Crippen LogP contribution in [0, 0.1) is 5.92 Å². The molecular weight excluding hydrogens is 260 g/mol. The second-order valence-electron chi connectivity index (χ2n) is 6.29. The lowest BCUT2D eigenvalue weighted by molar-refractivity contribution is -0.119. The zero-order chi connectivity index (χ0) is 15.1. The summed E-state index contributed by atoms with van der Waals surface area (Å²) in [6.07, 6.45) is 6.00. The summed E-state index contributed by atoms with van der Waals surface area (Å²) in [5.41, 5.74) is 1.35. The van der Waals surface area contributed by atoms with Crippen molar-refractivity contribution in [3.63, 3.8) is 0 Å². The van der Waals surface area contributed by atoms with Gasteiger partial charge in [0.05, 0.1) is 0 Å². The van der Waals surface area contributed by atoms with Crippen LogP contribution >= 0.6 is 0 Å². The molecule has 1 aromatic carbocycles. The molecule has 1 saturated carbocycles. The van der Waals surface area contributed by atoms with Crippen LogP contribution in [0.1, 0.15) is 57.6 Å². The Kier molecular flexibility index (Phi) is 6.24. The molecule has 2 N–H and O–H groups in total. The molecule has 1 fully saturated rings. The summed E-state index contributed by atoms with van der Waals surface area (Å²) >= 11 is 0. The second kappa shape index (κ2) is 8.18. The van der Waals surface area contributed by atoms with E-state index in [-0.39, 0.29) is 5.91 Å². The molecule has 1 aliphatic rings. The summed E-state index contributed by atoms with van der Waals surface area (Å²) in [6.45, 7) is 4.91. The average Bonchev–Trinajstić information content (AvgIpc) is 2.49. The third kappa shape index (κ3) is 5.50. The van der Waals surface area contributed by atoms with E-state index in [9.17, 15) is 4.79 Å². The van der Waals surface area contributed by atoms with Crippen molar-refractivity contribution < 1.29 is 4.79 Å². The Morgan fingerprint density at radius 1 is 1.19 bits per heavy atom. The molecule has 0 aliphatic heterocycles. The van der Waals surface area contributed by atoms with Gasteiger partial charge >= 0.3 is 0 Å². The van der Waals surface area contributed by atoms with E-state index in [4.69, 9.17) is 0 Å². The van der Waals surface area contributed by atoms with E-state index in [2.05, 4.69) is 47.9 Å². The fraction of sp³-hybridized carbons (Fsp3) is 0.611. The molecule has 3 heteroatoms. The van der Waals surface area contributed by atoms with Gasteiger partial charge in [0.2, 0.25) is 5.91 Å². The summed E-state index contributed by atoms with van der Waals surface area (Å²) in [5, 5.41) is 6.66. The molecule has 0 radical (unpaired) electrons. The van der Waals surface area contributed by atoms with Gasteiger partial charge in [0.1, 0.15) is 0 Å². The van der Waals surface area contributed by atoms with Crippen molar-refractivity contribution in [3.8, 4) is 0 Å². The number of nitrogens with one attached hydrogen (secondary N) is 2. The lowest BCUT2D eigenvalue weighted by Crippen LogP contribution is -2.36. The van der Waals surface area contributed by atoms with Crippen molar-refractivity contribution in [2.24, 2.45) is 5.92 Å². The predicted octanol–water partition coefficient (Wildman–Crippen LogP) is 3.42. The van der Waals surface area contributed by atoms with Gasteiger partial charge in [-0.15, -0.1) is 0 Å². The van der Waals surface area contributed by atoms with E-state index < -0.39 is 0 Å². The first-order chi connectivity index (χ1) is 10.1. The first-order valence-corrected chi connectivity index (χ1v) is 8.20. The zero-order valence-electron chi connectivity index (χ0n) is 13.3. The number of amides is 1. The third-order valence-corrected chi connectivity index (χ3v) is 4.56. The minimum Gasteiger partial charge on any atom is -0.354 e. The van der Waals surface area contributed by atoms with Crippen LogP contribution in [-0.4, -0.2) is 18.5 Å². The molecule has 1 aromatic rings. The fourth-order valence-corrected chi connectivity index (χ4v) is 3.25. The first kappa shape index (κ1) is 16.0. The topological polar surface area (TPSA) is 41.1 Å². The first-order valence-electron chi connectivity index (χ1n) is 8.20. The van der Waals surface area contributed by atoms with Gasteiger partial charge in [-0.25, -0.2) is 0 Å². The van der Waals surface area contributed by atoms with Gasteiger partial charge in [-0.3, -0.25) is 4.79 Å². The Labute approximate surface area is 128 Å². The van der Waals surface area contributed by atoms with Gasteiger partial charge < -0.3 is 10.6 Å². The summed E-state index contributed by atoms with van der Waals surface area (Å²) in [4.78, 5) is 11.1. The van der Waals surface area contributed by atoms with Crippen LogP contribution in [0.5, 0.6) is 0 Å². The molecule has 21 heavy (non-hydrogen) atoms. The summed E-state index contributed by atoms with van der Waals surface area (Å²) < 4.78 is 0. The molecule has 116 valence electrons. The van der Waals surface area contributed by atoms with Gasteiger partial charge in [-0.2, -0.15) is 0 Å². The Hall–Kier alpha value is -1.35. The number of benzene rings is 1. The highest BCUT2D eigenvalue weighted by Gasteiger charge is 2.21. The molecule has 2 rings (SSSR count). The number of carbonyl (C=O) groups excluding carboxylic acids is 1. The summed E-state index contributed by atoms with van der Waals surface area (Å²) in [6, 6.07) is 11.4. The van der Waals surface area contributed by atoms with Gasteiger partial charge in [0.15, 0.2) is 0 Å². The van der Waals surface area contributed by atoms with Crippen molar-refractivity contribution in [3.05, 3.63) is 35.9 Å². The van der Waals surface area contributed by atoms with Crippen LogP contribution in [0.25, 0.3) is 0 Å². The molecule has 1 amide bonds. The fourth-order valence-electron chi connectivity index (χ4n) is 3.25. The maximum absolute atomic E-state index is 11.1. The molecule has 0 unspecified atom stereocenters. The predicted molar refractivity (Wildman–Crippen MR) is 87.0 cm³/mol. The number of hydrogen-bond donors (Lipinski definition) is 2. The SMILES string of the molecule is CC(=O)N[C@H]1CC[C@H](CCN[C@H](C)c2ccccc2)CC1. The lowest BCUT2D eigenvalue weighted by atomic mass is 9.84. The normalized spacial score (nSPS) is 23.5. The molecule has 3 nitrogen and oxygen atoms in total. The molecule has 1 atom stereocenters.